The zero-order chi connectivity index (χ0) is 38.0. The van der Waals surface area contributed by atoms with Crippen molar-refractivity contribution in [3.8, 4) is 28.2 Å². The molecule has 3 aromatic heterocycles. The van der Waals surface area contributed by atoms with Crippen LogP contribution in [0.15, 0.2) is 182 Å². The predicted molar refractivity (Wildman–Crippen MR) is 243 cm³/mol. The monoisotopic (exact) mass is 731 g/mol. The molecular weight excluding hydrogens is 691 g/mol. The summed E-state index contributed by atoms with van der Waals surface area (Å²) in [5.41, 5.74) is 17.2. The van der Waals surface area contributed by atoms with Crippen LogP contribution in [0.25, 0.3) is 94.4 Å². The van der Waals surface area contributed by atoms with Gasteiger partial charge in [-0.05, 0) is 121 Å². The molecule has 3 heterocycles. The van der Waals surface area contributed by atoms with Gasteiger partial charge in [-0.25, -0.2) is 0 Å². The summed E-state index contributed by atoms with van der Waals surface area (Å²) >= 11 is 0. The van der Waals surface area contributed by atoms with Crippen LogP contribution < -0.4 is 0 Å². The van der Waals surface area contributed by atoms with Gasteiger partial charge < -0.3 is 13.7 Å². The summed E-state index contributed by atoms with van der Waals surface area (Å²) in [5, 5.41) is 6.25. The van der Waals surface area contributed by atoms with Crippen LogP contribution in [0.5, 0.6) is 0 Å². The maximum atomic E-state index is 2.45. The molecule has 1 aliphatic carbocycles. The Kier molecular flexibility index (Phi) is 7.75. The first-order valence-electron chi connectivity index (χ1n) is 20.0. The molecular formula is C54H41N3. The Hall–Kier alpha value is -7.10. The van der Waals surface area contributed by atoms with Crippen LogP contribution in [-0.2, 0) is 0 Å². The fourth-order valence-electron chi connectivity index (χ4n) is 9.40. The number of allylic oxidation sites excluding steroid dienone is 5. The molecule has 0 N–H and O–H groups in total. The molecule has 0 fully saturated rings. The molecule has 1 aliphatic rings. The lowest BCUT2D eigenvalue weighted by atomic mass is 9.95. The summed E-state index contributed by atoms with van der Waals surface area (Å²) < 4.78 is 7.32. The van der Waals surface area contributed by atoms with E-state index in [1.165, 1.54) is 93.7 Å². The number of benzene rings is 7. The molecule has 10 aromatic rings. The molecule has 0 saturated carbocycles. The van der Waals surface area contributed by atoms with Crippen LogP contribution in [0.4, 0.5) is 0 Å². The molecule has 0 amide bonds. The zero-order valence-corrected chi connectivity index (χ0v) is 32.2. The summed E-state index contributed by atoms with van der Waals surface area (Å²) in [5.74, 6) is 0. The van der Waals surface area contributed by atoms with Crippen LogP contribution in [0.1, 0.15) is 36.6 Å². The standard InChI is InChI=1S/C54H41N3/c1-3-14-47-36(2)43-17-7-10-20-48(43)57(47)53-24-13-23-52-54(53)45-19-9-12-22-50(45)56(52)42-33-34-51-46(35-42)44-18-8-11-21-49(44)55(51)41-31-29-40(30-32-41)39-27-25-38(26-28-39)37-15-5-4-6-16-37/h3-5,7-15,17-35H,6,16H2,1-2H3/b14-3-. The molecule has 11 rings (SSSR count). The number of aromatic nitrogens is 3. The van der Waals surface area contributed by atoms with Crippen molar-refractivity contribution in [3.05, 3.63) is 199 Å². The lowest BCUT2D eigenvalue weighted by Gasteiger charge is -2.13. The molecule has 3 nitrogen and oxygen atoms in total. The summed E-state index contributed by atoms with van der Waals surface area (Å²) in [6.45, 7) is 4.34. The Morgan fingerprint density at radius 3 is 1.79 bits per heavy atom. The van der Waals surface area contributed by atoms with Gasteiger partial charge in [0.15, 0.2) is 0 Å². The second-order valence-electron chi connectivity index (χ2n) is 15.2. The Bertz CT molecular complexity index is 3280. The van der Waals surface area contributed by atoms with E-state index in [0.717, 1.165) is 24.2 Å². The first-order chi connectivity index (χ1) is 28.2. The molecule has 0 spiro atoms. The van der Waals surface area contributed by atoms with Crippen LogP contribution in [-0.4, -0.2) is 13.7 Å². The van der Waals surface area contributed by atoms with Crippen molar-refractivity contribution >= 4 is 66.2 Å². The van der Waals surface area contributed by atoms with Gasteiger partial charge in [0.2, 0.25) is 0 Å². The van der Waals surface area contributed by atoms with Crippen LogP contribution in [0.2, 0.25) is 0 Å². The number of fused-ring (bicyclic) bond motifs is 7. The molecule has 0 unspecified atom stereocenters. The van der Waals surface area contributed by atoms with Gasteiger partial charge in [-0.15, -0.1) is 0 Å². The van der Waals surface area contributed by atoms with E-state index >= 15 is 0 Å². The number of aryl methyl sites for hydroxylation is 1. The maximum absolute atomic E-state index is 2.45. The quantitative estimate of drug-likeness (QED) is 0.162. The van der Waals surface area contributed by atoms with Gasteiger partial charge in [0.25, 0.3) is 0 Å². The topological polar surface area (TPSA) is 14.8 Å². The van der Waals surface area contributed by atoms with E-state index in [2.05, 4.69) is 216 Å². The Balaban J connectivity index is 1.05. The Labute approximate surface area is 332 Å². The van der Waals surface area contributed by atoms with Crippen molar-refractivity contribution in [2.45, 2.75) is 26.7 Å². The average Bonchev–Trinajstić information content (AvgIpc) is 3.89. The van der Waals surface area contributed by atoms with E-state index in [4.69, 9.17) is 0 Å². The minimum Gasteiger partial charge on any atom is -0.309 e. The van der Waals surface area contributed by atoms with Crippen LogP contribution in [0.3, 0.4) is 0 Å². The third kappa shape index (κ3) is 5.19. The Morgan fingerprint density at radius 2 is 1.07 bits per heavy atom. The van der Waals surface area contributed by atoms with Crippen molar-refractivity contribution in [2.75, 3.05) is 0 Å². The van der Waals surface area contributed by atoms with Crippen molar-refractivity contribution in [1.29, 1.82) is 0 Å². The fraction of sp³-hybridized carbons (Fsp3) is 0.0741. The Morgan fingerprint density at radius 1 is 0.491 bits per heavy atom. The minimum atomic E-state index is 1.11. The van der Waals surface area contributed by atoms with Crippen molar-refractivity contribution in [3.63, 3.8) is 0 Å². The van der Waals surface area contributed by atoms with E-state index < -0.39 is 0 Å². The lowest BCUT2D eigenvalue weighted by molar-refractivity contribution is 1.05. The van der Waals surface area contributed by atoms with Gasteiger partial charge in [-0.2, -0.15) is 0 Å². The molecule has 3 heteroatoms. The summed E-state index contributed by atoms with van der Waals surface area (Å²) in [7, 11) is 0. The second kappa shape index (κ2) is 13.3. The molecule has 0 atom stereocenters. The zero-order valence-electron chi connectivity index (χ0n) is 32.2. The molecule has 7 aromatic carbocycles. The second-order valence-corrected chi connectivity index (χ2v) is 15.2. The molecule has 0 radical (unpaired) electrons. The third-order valence-electron chi connectivity index (χ3n) is 12.1. The smallest absolute Gasteiger partial charge is 0.0562 e. The number of hydrogen-bond donors (Lipinski definition) is 0. The summed E-state index contributed by atoms with van der Waals surface area (Å²) in [4.78, 5) is 0. The van der Waals surface area contributed by atoms with Crippen LogP contribution >= 0.6 is 0 Å². The predicted octanol–water partition coefficient (Wildman–Crippen LogP) is 14.6. The first-order valence-corrected chi connectivity index (χ1v) is 20.0. The van der Waals surface area contributed by atoms with Gasteiger partial charge in [-0.1, -0.05) is 121 Å². The molecule has 0 aliphatic heterocycles. The van der Waals surface area contributed by atoms with Crippen molar-refractivity contribution < 1.29 is 0 Å². The highest BCUT2D eigenvalue weighted by Gasteiger charge is 2.21. The summed E-state index contributed by atoms with van der Waals surface area (Å²) in [6.07, 6.45) is 13.3. The number of para-hydroxylation sites is 3. The van der Waals surface area contributed by atoms with Crippen molar-refractivity contribution in [2.24, 2.45) is 0 Å². The minimum absolute atomic E-state index is 1.11. The van der Waals surface area contributed by atoms with Crippen molar-refractivity contribution in [1.82, 2.24) is 13.7 Å². The average molecular weight is 732 g/mol. The van der Waals surface area contributed by atoms with Gasteiger partial charge in [-0.3, -0.25) is 0 Å². The number of hydrogen-bond acceptors (Lipinski definition) is 0. The molecule has 0 bridgehead atoms. The van der Waals surface area contributed by atoms with Gasteiger partial charge >= 0.3 is 0 Å². The largest absolute Gasteiger partial charge is 0.309 e. The third-order valence-corrected chi connectivity index (χ3v) is 12.1. The molecule has 272 valence electrons. The first kappa shape index (κ1) is 33.3. The van der Waals surface area contributed by atoms with Gasteiger partial charge in [0.05, 0.1) is 33.3 Å². The van der Waals surface area contributed by atoms with E-state index in [0.29, 0.717) is 0 Å². The molecule has 57 heavy (non-hydrogen) atoms. The molecule has 0 saturated heterocycles. The number of nitrogens with zero attached hydrogens (tertiary/aromatic N) is 3. The highest BCUT2D eigenvalue weighted by atomic mass is 15.0. The van der Waals surface area contributed by atoms with Gasteiger partial charge in [0.1, 0.15) is 0 Å². The van der Waals surface area contributed by atoms with E-state index in [9.17, 15) is 0 Å². The normalized spacial score (nSPS) is 13.3. The highest BCUT2D eigenvalue weighted by molar-refractivity contribution is 6.15. The van der Waals surface area contributed by atoms with Crippen LogP contribution in [0, 0.1) is 6.92 Å². The lowest BCUT2D eigenvalue weighted by Crippen LogP contribution is -1.99. The van der Waals surface area contributed by atoms with E-state index in [-0.39, 0.29) is 0 Å². The maximum Gasteiger partial charge on any atom is 0.0562 e. The van der Waals surface area contributed by atoms with E-state index in [1.54, 1.807) is 0 Å². The van der Waals surface area contributed by atoms with E-state index in [1.807, 2.05) is 0 Å². The fourth-order valence-corrected chi connectivity index (χ4v) is 9.40. The number of rotatable bonds is 6. The SMILES string of the molecule is C/C=C\c1c(C)c2ccccc2n1-c1cccc2c1c1ccccc1n2-c1ccc2c(c1)c1ccccc1n2-c1ccc(-c2ccc(C3=CC=CCC3)cc2)cc1. The highest BCUT2D eigenvalue weighted by Crippen LogP contribution is 2.41. The van der Waals surface area contributed by atoms with Gasteiger partial charge in [0, 0.05) is 44.0 Å². The summed E-state index contributed by atoms with van der Waals surface area (Å²) in [6, 6.07) is 58.3.